The van der Waals surface area contributed by atoms with Gasteiger partial charge in [-0.3, -0.25) is 0 Å². The van der Waals surface area contributed by atoms with Crippen molar-refractivity contribution in [3.05, 3.63) is 0 Å². The molecule has 0 fully saturated rings. The standard InChI is InChI=1S/C3H4ClF3O2S/c4-3(5,6)1-2-10(7,8)9/h1-2H2. The molecule has 2 nitrogen and oxygen atoms in total. The molecule has 0 spiro atoms. The summed E-state index contributed by atoms with van der Waals surface area (Å²) in [4.78, 5) is 0. The molecule has 10 heavy (non-hydrogen) atoms. The first-order chi connectivity index (χ1) is 4.21. The summed E-state index contributed by atoms with van der Waals surface area (Å²) in [5, 5.41) is -3.64. The predicted octanol–water partition coefficient (Wildman–Crippen LogP) is 1.51. The van der Waals surface area contributed by atoms with E-state index >= 15 is 0 Å². The van der Waals surface area contributed by atoms with Gasteiger partial charge in [-0.25, -0.2) is 0 Å². The van der Waals surface area contributed by atoms with Gasteiger partial charge < -0.3 is 0 Å². The maximum Gasteiger partial charge on any atom is 0.322 e. The Morgan fingerprint density at radius 1 is 1.40 bits per heavy atom. The lowest BCUT2D eigenvalue weighted by Crippen LogP contribution is -2.11. The molecule has 0 aromatic heterocycles. The van der Waals surface area contributed by atoms with Crippen LogP contribution in [0, 0.1) is 0 Å². The van der Waals surface area contributed by atoms with Gasteiger partial charge in [-0.2, -0.15) is 17.2 Å². The molecular weight excluding hydrogens is 193 g/mol. The molecule has 0 rings (SSSR count). The van der Waals surface area contributed by atoms with Gasteiger partial charge >= 0.3 is 15.6 Å². The summed E-state index contributed by atoms with van der Waals surface area (Å²) >= 11 is 4.27. The third kappa shape index (κ3) is 8.03. The van der Waals surface area contributed by atoms with E-state index < -0.39 is 27.8 Å². The second-order valence-electron chi connectivity index (χ2n) is 1.61. The van der Waals surface area contributed by atoms with Gasteiger partial charge in [-0.05, 0) is 11.6 Å². The smallest absolute Gasteiger partial charge is 0.195 e. The first kappa shape index (κ1) is 10.0. The molecule has 0 N–H and O–H groups in total. The van der Waals surface area contributed by atoms with E-state index in [4.69, 9.17) is 0 Å². The summed E-state index contributed by atoms with van der Waals surface area (Å²) in [6, 6.07) is 0. The Labute approximate surface area is 61.2 Å². The van der Waals surface area contributed by atoms with Crippen molar-refractivity contribution in [2.24, 2.45) is 0 Å². The van der Waals surface area contributed by atoms with Crippen molar-refractivity contribution in [3.63, 3.8) is 0 Å². The van der Waals surface area contributed by atoms with Crippen molar-refractivity contribution >= 4 is 21.8 Å². The summed E-state index contributed by atoms with van der Waals surface area (Å²) in [6.45, 7) is 0. The van der Waals surface area contributed by atoms with E-state index in [9.17, 15) is 21.1 Å². The minimum atomic E-state index is -4.82. The van der Waals surface area contributed by atoms with Crippen molar-refractivity contribution in [2.45, 2.75) is 11.8 Å². The maximum absolute atomic E-state index is 11.6. The van der Waals surface area contributed by atoms with Gasteiger partial charge in [0.15, 0.2) is 0 Å². The molecule has 0 aliphatic carbocycles. The summed E-state index contributed by atoms with van der Waals surface area (Å²) in [6.07, 6.45) is -1.20. The molecule has 0 heterocycles. The largest absolute Gasteiger partial charge is 0.322 e. The SMILES string of the molecule is O=S(=O)(F)CCC(F)(F)Cl. The number of halogens is 4. The normalized spacial score (nSPS) is 13.6. The molecule has 0 bridgehead atoms. The molecule has 0 saturated heterocycles. The molecule has 0 aliphatic rings. The summed E-state index contributed by atoms with van der Waals surface area (Å²) < 4.78 is 53.9. The van der Waals surface area contributed by atoms with Gasteiger partial charge in [0, 0.05) is 6.42 Å². The van der Waals surface area contributed by atoms with E-state index in [0.717, 1.165) is 0 Å². The molecule has 62 valence electrons. The molecular formula is C3H4ClF3O2S. The van der Waals surface area contributed by atoms with E-state index in [2.05, 4.69) is 11.6 Å². The van der Waals surface area contributed by atoms with Crippen molar-refractivity contribution in [2.75, 3.05) is 5.75 Å². The number of hydrogen-bond donors (Lipinski definition) is 0. The molecule has 0 aromatic rings. The van der Waals surface area contributed by atoms with Crippen LogP contribution in [0.25, 0.3) is 0 Å². The molecule has 0 unspecified atom stereocenters. The van der Waals surface area contributed by atoms with Crippen molar-refractivity contribution in [3.8, 4) is 0 Å². The number of hydrogen-bond acceptors (Lipinski definition) is 2. The monoisotopic (exact) mass is 196 g/mol. The Balaban J connectivity index is 3.79. The number of alkyl halides is 3. The van der Waals surface area contributed by atoms with Crippen molar-refractivity contribution in [1.29, 1.82) is 0 Å². The molecule has 0 saturated carbocycles. The van der Waals surface area contributed by atoms with Gasteiger partial charge in [0.25, 0.3) is 0 Å². The highest BCUT2D eigenvalue weighted by atomic mass is 35.5. The minimum absolute atomic E-state index is 1.20. The molecule has 0 amide bonds. The number of rotatable bonds is 3. The van der Waals surface area contributed by atoms with Crippen LogP contribution in [0.5, 0.6) is 0 Å². The molecule has 0 atom stereocenters. The zero-order valence-electron chi connectivity index (χ0n) is 4.65. The highest BCUT2D eigenvalue weighted by molar-refractivity contribution is 7.86. The third-order valence-corrected chi connectivity index (χ3v) is 1.51. The minimum Gasteiger partial charge on any atom is -0.195 e. The van der Waals surface area contributed by atoms with Crippen LogP contribution in [0.1, 0.15) is 6.42 Å². The predicted molar refractivity (Wildman–Crippen MR) is 30.3 cm³/mol. The fourth-order valence-electron chi connectivity index (χ4n) is 0.238. The van der Waals surface area contributed by atoms with Crippen LogP contribution in [-0.4, -0.2) is 19.6 Å². The van der Waals surface area contributed by atoms with Gasteiger partial charge in [0.2, 0.25) is 0 Å². The van der Waals surface area contributed by atoms with Crippen molar-refractivity contribution in [1.82, 2.24) is 0 Å². The first-order valence-corrected chi connectivity index (χ1v) is 4.13. The van der Waals surface area contributed by atoms with E-state index in [0.29, 0.717) is 0 Å². The highest BCUT2D eigenvalue weighted by Crippen LogP contribution is 2.23. The third-order valence-electron chi connectivity index (χ3n) is 0.629. The van der Waals surface area contributed by atoms with E-state index in [1.807, 2.05) is 0 Å². The average molecular weight is 197 g/mol. The first-order valence-electron chi connectivity index (χ1n) is 2.20. The highest BCUT2D eigenvalue weighted by Gasteiger charge is 2.27. The van der Waals surface area contributed by atoms with Crippen LogP contribution in [0.15, 0.2) is 0 Å². The molecule has 0 aliphatic heterocycles. The van der Waals surface area contributed by atoms with Gasteiger partial charge in [0.05, 0.1) is 5.75 Å². The summed E-state index contributed by atoms with van der Waals surface area (Å²) in [5.41, 5.74) is 0. The van der Waals surface area contributed by atoms with E-state index in [1.165, 1.54) is 0 Å². The van der Waals surface area contributed by atoms with Gasteiger partial charge in [-0.15, -0.1) is 3.89 Å². The van der Waals surface area contributed by atoms with E-state index in [1.54, 1.807) is 0 Å². The zero-order chi connectivity index (χ0) is 8.41. The Kier molecular flexibility index (Phi) is 2.97. The lowest BCUT2D eigenvalue weighted by Gasteiger charge is -2.03. The lowest BCUT2D eigenvalue weighted by atomic mass is 10.5. The van der Waals surface area contributed by atoms with Crippen LogP contribution in [0.4, 0.5) is 12.7 Å². The second-order valence-corrected chi connectivity index (χ2v) is 3.65. The fraction of sp³-hybridized carbons (Fsp3) is 1.00. The Hall–Kier alpha value is 0.0300. The molecule has 0 aromatic carbocycles. The van der Waals surface area contributed by atoms with Gasteiger partial charge in [0.1, 0.15) is 0 Å². The topological polar surface area (TPSA) is 34.1 Å². The Bertz CT molecular complexity index is 194. The van der Waals surface area contributed by atoms with Crippen molar-refractivity contribution < 1.29 is 21.1 Å². The average Bonchev–Trinajstić information content (AvgIpc) is 1.57. The van der Waals surface area contributed by atoms with Crippen LogP contribution in [-0.2, 0) is 10.2 Å². The lowest BCUT2D eigenvalue weighted by molar-refractivity contribution is 0.0926. The summed E-state index contributed by atoms with van der Waals surface area (Å²) in [7, 11) is -4.82. The molecule has 0 radical (unpaired) electrons. The Morgan fingerprint density at radius 3 is 1.90 bits per heavy atom. The maximum atomic E-state index is 11.6. The second kappa shape index (κ2) is 2.96. The van der Waals surface area contributed by atoms with Crippen LogP contribution >= 0.6 is 11.6 Å². The van der Waals surface area contributed by atoms with Crippen LogP contribution in [0.2, 0.25) is 0 Å². The quantitative estimate of drug-likeness (QED) is 0.507. The Morgan fingerprint density at radius 2 is 1.80 bits per heavy atom. The summed E-state index contributed by atoms with van der Waals surface area (Å²) in [5.74, 6) is -1.25. The zero-order valence-corrected chi connectivity index (χ0v) is 6.22. The fourth-order valence-corrected chi connectivity index (χ4v) is 0.944. The van der Waals surface area contributed by atoms with Crippen LogP contribution in [0.3, 0.4) is 0 Å². The van der Waals surface area contributed by atoms with Gasteiger partial charge in [-0.1, -0.05) is 0 Å². The van der Waals surface area contributed by atoms with E-state index in [-0.39, 0.29) is 0 Å². The van der Waals surface area contributed by atoms with Crippen LogP contribution < -0.4 is 0 Å². The molecule has 7 heteroatoms.